The maximum atomic E-state index is 12.9. The predicted octanol–water partition coefficient (Wildman–Crippen LogP) is 1.43. The molecule has 2 aliphatic heterocycles. The molecule has 1 aromatic rings. The molecular formula is C18H22FN3O4. The van der Waals surface area contributed by atoms with E-state index in [0.717, 1.165) is 5.56 Å². The Kier molecular flexibility index (Phi) is 4.84. The third-order valence-corrected chi connectivity index (χ3v) is 5.64. The van der Waals surface area contributed by atoms with Crippen LogP contribution in [-0.4, -0.2) is 58.5 Å². The van der Waals surface area contributed by atoms with Gasteiger partial charge in [-0.15, -0.1) is 0 Å². The molecule has 1 spiro atoms. The van der Waals surface area contributed by atoms with Crippen molar-refractivity contribution in [2.75, 3.05) is 20.1 Å². The minimum atomic E-state index is -0.961. The van der Waals surface area contributed by atoms with Crippen LogP contribution >= 0.6 is 0 Å². The quantitative estimate of drug-likeness (QED) is 0.850. The van der Waals surface area contributed by atoms with Gasteiger partial charge in [0.25, 0.3) is 0 Å². The summed E-state index contributed by atoms with van der Waals surface area (Å²) >= 11 is 0. The molecule has 2 saturated heterocycles. The van der Waals surface area contributed by atoms with Gasteiger partial charge < -0.3 is 20.2 Å². The van der Waals surface area contributed by atoms with Crippen LogP contribution in [0.4, 0.5) is 9.18 Å². The second kappa shape index (κ2) is 6.93. The molecule has 0 aliphatic carbocycles. The van der Waals surface area contributed by atoms with Crippen molar-refractivity contribution in [1.82, 2.24) is 15.1 Å². The molecule has 2 N–H and O–H groups in total. The number of benzene rings is 1. The van der Waals surface area contributed by atoms with Crippen LogP contribution in [0, 0.1) is 11.7 Å². The van der Waals surface area contributed by atoms with Crippen molar-refractivity contribution < 1.29 is 23.9 Å². The number of carbonyl (C=O) groups is 3. The highest BCUT2D eigenvalue weighted by atomic mass is 19.1. The fraction of sp³-hybridized carbons (Fsp3) is 0.500. The molecular weight excluding hydrogens is 341 g/mol. The first-order chi connectivity index (χ1) is 12.3. The molecule has 0 unspecified atom stereocenters. The Morgan fingerprint density at radius 1 is 1.27 bits per heavy atom. The summed E-state index contributed by atoms with van der Waals surface area (Å²) in [6, 6.07) is 5.65. The maximum absolute atomic E-state index is 12.9. The van der Waals surface area contributed by atoms with E-state index >= 15 is 0 Å². The molecule has 1 atom stereocenters. The van der Waals surface area contributed by atoms with Gasteiger partial charge in [0.05, 0.1) is 11.5 Å². The molecule has 3 amide bonds. The number of rotatable bonds is 3. The summed E-state index contributed by atoms with van der Waals surface area (Å²) < 4.78 is 12.9. The van der Waals surface area contributed by atoms with Crippen LogP contribution in [0.5, 0.6) is 0 Å². The number of carbonyl (C=O) groups excluding carboxylic acids is 2. The van der Waals surface area contributed by atoms with E-state index in [2.05, 4.69) is 5.32 Å². The van der Waals surface area contributed by atoms with Gasteiger partial charge in [0.1, 0.15) is 5.82 Å². The van der Waals surface area contributed by atoms with Gasteiger partial charge in [0, 0.05) is 33.1 Å². The second-order valence-corrected chi connectivity index (χ2v) is 6.92. The maximum Gasteiger partial charge on any atom is 0.317 e. The first-order valence-electron chi connectivity index (χ1n) is 8.60. The zero-order chi connectivity index (χ0) is 18.9. The molecule has 0 aromatic heterocycles. The van der Waals surface area contributed by atoms with Gasteiger partial charge >= 0.3 is 12.0 Å². The number of carboxylic acid groups (broad SMARTS) is 1. The molecule has 7 nitrogen and oxygen atoms in total. The fourth-order valence-corrected chi connectivity index (χ4v) is 3.97. The zero-order valence-corrected chi connectivity index (χ0v) is 14.6. The fourth-order valence-electron chi connectivity index (χ4n) is 3.97. The Labute approximate surface area is 150 Å². The van der Waals surface area contributed by atoms with Gasteiger partial charge in [0.2, 0.25) is 5.91 Å². The normalized spacial score (nSPS) is 21.9. The van der Waals surface area contributed by atoms with E-state index in [0.29, 0.717) is 25.9 Å². The van der Waals surface area contributed by atoms with E-state index in [1.165, 1.54) is 12.1 Å². The molecule has 0 radical (unpaired) electrons. The van der Waals surface area contributed by atoms with Crippen LogP contribution in [0.3, 0.4) is 0 Å². The Morgan fingerprint density at radius 3 is 2.46 bits per heavy atom. The van der Waals surface area contributed by atoms with E-state index < -0.39 is 17.4 Å². The number of hydrogen-bond donors (Lipinski definition) is 2. The number of carboxylic acids is 1. The number of piperidine rings is 1. The van der Waals surface area contributed by atoms with Crippen molar-refractivity contribution in [1.29, 1.82) is 0 Å². The molecule has 3 rings (SSSR count). The summed E-state index contributed by atoms with van der Waals surface area (Å²) in [6.07, 6.45) is 0.898. The van der Waals surface area contributed by atoms with Gasteiger partial charge in [0.15, 0.2) is 0 Å². The molecule has 2 aliphatic rings. The van der Waals surface area contributed by atoms with Crippen molar-refractivity contribution in [3.63, 3.8) is 0 Å². The van der Waals surface area contributed by atoms with Crippen molar-refractivity contribution in [3.05, 3.63) is 35.6 Å². The lowest BCUT2D eigenvalue weighted by atomic mass is 9.77. The van der Waals surface area contributed by atoms with Crippen molar-refractivity contribution >= 4 is 17.9 Å². The molecule has 2 fully saturated rings. The molecule has 26 heavy (non-hydrogen) atoms. The van der Waals surface area contributed by atoms with Crippen LogP contribution in [-0.2, 0) is 16.1 Å². The number of halogens is 1. The van der Waals surface area contributed by atoms with E-state index in [9.17, 15) is 23.9 Å². The Hall–Kier alpha value is -2.64. The van der Waals surface area contributed by atoms with Crippen LogP contribution in [0.25, 0.3) is 0 Å². The molecule has 1 aromatic carbocycles. The number of aliphatic carboxylic acids is 1. The van der Waals surface area contributed by atoms with Crippen LogP contribution < -0.4 is 5.32 Å². The SMILES string of the molecule is CN1C(=O)C[C@H](C(=O)O)C12CCN(C(=O)NCc1ccc(F)cc1)CC2. The Morgan fingerprint density at radius 2 is 1.88 bits per heavy atom. The van der Waals surface area contributed by atoms with E-state index in [4.69, 9.17) is 0 Å². The van der Waals surface area contributed by atoms with Gasteiger partial charge in [-0.2, -0.15) is 0 Å². The molecule has 0 saturated carbocycles. The third-order valence-electron chi connectivity index (χ3n) is 5.64. The zero-order valence-electron chi connectivity index (χ0n) is 14.6. The van der Waals surface area contributed by atoms with Gasteiger partial charge in [-0.25, -0.2) is 9.18 Å². The van der Waals surface area contributed by atoms with Gasteiger partial charge in [-0.05, 0) is 30.5 Å². The highest BCUT2D eigenvalue weighted by Crippen LogP contribution is 2.42. The highest BCUT2D eigenvalue weighted by Gasteiger charge is 2.55. The first-order valence-corrected chi connectivity index (χ1v) is 8.60. The molecule has 8 heteroatoms. The van der Waals surface area contributed by atoms with Crippen molar-refractivity contribution in [2.45, 2.75) is 31.3 Å². The summed E-state index contributed by atoms with van der Waals surface area (Å²) in [5.41, 5.74) is 0.0803. The van der Waals surface area contributed by atoms with Crippen LogP contribution in [0.15, 0.2) is 24.3 Å². The number of nitrogens with one attached hydrogen (secondary N) is 1. The highest BCUT2D eigenvalue weighted by molar-refractivity contribution is 5.88. The standard InChI is InChI=1S/C18H22FN3O4/c1-21-15(23)10-14(16(24)25)18(21)6-8-22(9-7-18)17(26)20-11-12-2-4-13(19)5-3-12/h2-5,14H,6-11H2,1H3,(H,20,26)(H,24,25)/t14-/m1/s1. The summed E-state index contributed by atoms with van der Waals surface area (Å²) in [6.45, 7) is 1.06. The summed E-state index contributed by atoms with van der Waals surface area (Å²) in [4.78, 5) is 39.1. The minimum absolute atomic E-state index is 0.0165. The summed E-state index contributed by atoms with van der Waals surface area (Å²) in [5.74, 6) is -2.18. The lowest BCUT2D eigenvalue weighted by Gasteiger charge is -2.45. The number of nitrogens with zero attached hydrogens (tertiary/aromatic N) is 2. The average molecular weight is 363 g/mol. The van der Waals surface area contributed by atoms with E-state index in [1.807, 2.05) is 0 Å². The summed E-state index contributed by atoms with van der Waals surface area (Å²) in [7, 11) is 1.65. The Bertz CT molecular complexity index is 714. The van der Waals surface area contributed by atoms with Crippen LogP contribution in [0.2, 0.25) is 0 Å². The molecule has 2 heterocycles. The van der Waals surface area contributed by atoms with Crippen molar-refractivity contribution in [2.24, 2.45) is 5.92 Å². The minimum Gasteiger partial charge on any atom is -0.481 e. The number of urea groups is 1. The average Bonchev–Trinajstić information content (AvgIpc) is 2.87. The lowest BCUT2D eigenvalue weighted by molar-refractivity contribution is -0.145. The second-order valence-electron chi connectivity index (χ2n) is 6.92. The van der Waals surface area contributed by atoms with Crippen LogP contribution in [0.1, 0.15) is 24.8 Å². The van der Waals surface area contributed by atoms with Gasteiger partial charge in [-0.1, -0.05) is 12.1 Å². The lowest BCUT2D eigenvalue weighted by Crippen LogP contribution is -2.58. The first kappa shape index (κ1) is 18.2. The van der Waals surface area contributed by atoms with Crippen molar-refractivity contribution in [3.8, 4) is 0 Å². The smallest absolute Gasteiger partial charge is 0.317 e. The third kappa shape index (κ3) is 3.23. The monoisotopic (exact) mass is 363 g/mol. The van der Waals surface area contributed by atoms with E-state index in [-0.39, 0.29) is 30.7 Å². The molecule has 140 valence electrons. The Balaban J connectivity index is 1.59. The number of likely N-dealkylation sites (tertiary alicyclic amines) is 2. The predicted molar refractivity (Wildman–Crippen MR) is 90.7 cm³/mol. The summed E-state index contributed by atoms with van der Waals surface area (Å²) in [5, 5.41) is 12.3. The topological polar surface area (TPSA) is 90.0 Å². The van der Waals surface area contributed by atoms with Gasteiger partial charge in [-0.3, -0.25) is 9.59 Å². The number of hydrogen-bond acceptors (Lipinski definition) is 3. The molecule has 0 bridgehead atoms. The largest absolute Gasteiger partial charge is 0.481 e. The number of amides is 3. The van der Waals surface area contributed by atoms with E-state index in [1.54, 1.807) is 29.0 Å².